The van der Waals surface area contributed by atoms with Gasteiger partial charge in [-0.05, 0) is 30.5 Å². The number of nitrogens with two attached hydrogens (primary N) is 1. The fraction of sp³-hybridized carbons (Fsp3) is 0.429. The first-order valence-corrected chi connectivity index (χ1v) is 7.25. The van der Waals surface area contributed by atoms with E-state index in [1.54, 1.807) is 0 Å². The van der Waals surface area contributed by atoms with Gasteiger partial charge in [-0.15, -0.1) is 0 Å². The summed E-state index contributed by atoms with van der Waals surface area (Å²) in [7, 11) is 0. The first kappa shape index (κ1) is 17.4. The van der Waals surface area contributed by atoms with Crippen molar-refractivity contribution in [2.45, 2.75) is 12.6 Å². The Morgan fingerprint density at radius 2 is 2.09 bits per heavy atom. The topological polar surface area (TPSA) is 75.4 Å². The molecule has 1 atom stereocenters. The molecular weight excluding hydrogens is 335 g/mol. The highest BCUT2D eigenvalue weighted by Gasteiger charge is 2.34. The van der Waals surface area contributed by atoms with Gasteiger partial charge in [-0.25, -0.2) is 4.79 Å². The Morgan fingerprint density at radius 1 is 1.39 bits per heavy atom. The van der Waals surface area contributed by atoms with E-state index in [0.29, 0.717) is 19.5 Å². The molecule has 1 aliphatic heterocycles. The second-order valence-electron chi connectivity index (χ2n) is 5.34. The number of hydrogen-bond donors (Lipinski definition) is 2. The van der Waals surface area contributed by atoms with Crippen LogP contribution in [0, 0.1) is 5.92 Å². The van der Waals surface area contributed by atoms with Crippen LogP contribution in [0.2, 0.25) is 5.02 Å². The fourth-order valence-electron chi connectivity index (χ4n) is 2.42. The second kappa shape index (κ2) is 6.66. The van der Waals surface area contributed by atoms with E-state index in [1.807, 2.05) is 0 Å². The molecule has 1 saturated heterocycles. The lowest BCUT2D eigenvalue weighted by Crippen LogP contribution is -2.35. The summed E-state index contributed by atoms with van der Waals surface area (Å²) in [5.74, 6) is -0.592. The molecule has 9 heteroatoms. The summed E-state index contributed by atoms with van der Waals surface area (Å²) in [5, 5.41) is 2.11. The maximum absolute atomic E-state index is 12.8. The predicted octanol–water partition coefficient (Wildman–Crippen LogP) is 2.49. The van der Waals surface area contributed by atoms with Crippen LogP contribution in [0.25, 0.3) is 0 Å². The molecule has 3 N–H and O–H groups in total. The SMILES string of the molecule is NC(=O)N1CC[C@@H](CNC(=O)c2ccc(Cl)c(C(F)(F)F)c2)C1. The van der Waals surface area contributed by atoms with E-state index in [-0.39, 0.29) is 18.0 Å². The Labute approximate surface area is 135 Å². The minimum absolute atomic E-state index is 0.0286. The zero-order valence-corrected chi connectivity index (χ0v) is 12.7. The third-order valence-corrected chi connectivity index (χ3v) is 4.01. The molecule has 5 nitrogen and oxygen atoms in total. The number of hydrogen-bond acceptors (Lipinski definition) is 2. The molecule has 23 heavy (non-hydrogen) atoms. The Bertz CT molecular complexity index is 622. The molecule has 1 heterocycles. The molecule has 1 fully saturated rings. The lowest BCUT2D eigenvalue weighted by atomic mass is 10.1. The van der Waals surface area contributed by atoms with E-state index in [1.165, 1.54) is 11.0 Å². The van der Waals surface area contributed by atoms with Crippen molar-refractivity contribution < 1.29 is 22.8 Å². The first-order chi connectivity index (χ1) is 10.7. The Morgan fingerprint density at radius 3 is 2.65 bits per heavy atom. The number of rotatable bonds is 3. The molecule has 0 aliphatic carbocycles. The maximum atomic E-state index is 12.8. The third kappa shape index (κ3) is 4.28. The van der Waals surface area contributed by atoms with Crippen molar-refractivity contribution in [3.8, 4) is 0 Å². The molecule has 3 amide bonds. The predicted molar refractivity (Wildman–Crippen MR) is 78.1 cm³/mol. The number of nitrogens with zero attached hydrogens (tertiary/aromatic N) is 1. The molecule has 0 bridgehead atoms. The number of alkyl halides is 3. The highest BCUT2D eigenvalue weighted by molar-refractivity contribution is 6.31. The van der Waals surface area contributed by atoms with Crippen LogP contribution in [0.15, 0.2) is 18.2 Å². The number of nitrogens with one attached hydrogen (secondary N) is 1. The zero-order chi connectivity index (χ0) is 17.2. The Kier molecular flexibility index (Phi) is 5.03. The summed E-state index contributed by atoms with van der Waals surface area (Å²) in [5.41, 5.74) is 3.99. The van der Waals surface area contributed by atoms with Crippen LogP contribution in [0.1, 0.15) is 22.3 Å². The quantitative estimate of drug-likeness (QED) is 0.879. The highest BCUT2D eigenvalue weighted by Crippen LogP contribution is 2.35. The summed E-state index contributed by atoms with van der Waals surface area (Å²) in [6.45, 7) is 1.19. The van der Waals surface area contributed by atoms with Gasteiger partial charge in [0.05, 0.1) is 10.6 Å². The van der Waals surface area contributed by atoms with E-state index >= 15 is 0 Å². The minimum atomic E-state index is -4.62. The van der Waals surface area contributed by atoms with Gasteiger partial charge in [0.1, 0.15) is 0 Å². The summed E-state index contributed by atoms with van der Waals surface area (Å²) in [6, 6.07) is 2.48. The largest absolute Gasteiger partial charge is 0.417 e. The van der Waals surface area contributed by atoms with Crippen LogP contribution in [0.3, 0.4) is 0 Å². The van der Waals surface area contributed by atoms with Gasteiger partial charge < -0.3 is 16.0 Å². The molecule has 1 aliphatic rings. The van der Waals surface area contributed by atoms with Crippen molar-refractivity contribution in [3.05, 3.63) is 34.3 Å². The Balaban J connectivity index is 1.98. The van der Waals surface area contributed by atoms with Crippen molar-refractivity contribution in [1.82, 2.24) is 10.2 Å². The number of carbonyl (C=O) groups excluding carboxylic acids is 2. The molecule has 126 valence electrons. The lowest BCUT2D eigenvalue weighted by Gasteiger charge is -2.14. The maximum Gasteiger partial charge on any atom is 0.417 e. The van der Waals surface area contributed by atoms with Crippen molar-refractivity contribution in [1.29, 1.82) is 0 Å². The van der Waals surface area contributed by atoms with E-state index in [9.17, 15) is 22.8 Å². The van der Waals surface area contributed by atoms with Crippen molar-refractivity contribution in [3.63, 3.8) is 0 Å². The summed E-state index contributed by atoms with van der Waals surface area (Å²) < 4.78 is 38.3. The van der Waals surface area contributed by atoms with Crippen molar-refractivity contribution >= 4 is 23.5 Å². The normalized spacial score (nSPS) is 18.1. The van der Waals surface area contributed by atoms with Crippen LogP contribution >= 0.6 is 11.6 Å². The average molecular weight is 350 g/mol. The van der Waals surface area contributed by atoms with Crippen molar-refractivity contribution in [2.24, 2.45) is 11.7 Å². The molecule has 1 aromatic carbocycles. The number of benzene rings is 1. The summed E-state index contributed by atoms with van der Waals surface area (Å²) in [6.07, 6.45) is -3.95. The van der Waals surface area contributed by atoms with Gasteiger partial charge in [0.2, 0.25) is 0 Å². The van der Waals surface area contributed by atoms with Gasteiger partial charge in [-0.1, -0.05) is 11.6 Å². The molecular formula is C14H15ClF3N3O2. The monoisotopic (exact) mass is 349 g/mol. The summed E-state index contributed by atoms with van der Waals surface area (Å²) in [4.78, 5) is 24.5. The van der Waals surface area contributed by atoms with Crippen LogP contribution in [0.5, 0.6) is 0 Å². The van der Waals surface area contributed by atoms with Gasteiger partial charge in [0.15, 0.2) is 0 Å². The number of halogens is 4. The molecule has 0 spiro atoms. The van der Waals surface area contributed by atoms with Crippen molar-refractivity contribution in [2.75, 3.05) is 19.6 Å². The minimum Gasteiger partial charge on any atom is -0.352 e. The third-order valence-electron chi connectivity index (χ3n) is 3.68. The van der Waals surface area contributed by atoms with Gasteiger partial charge >= 0.3 is 12.2 Å². The van der Waals surface area contributed by atoms with Gasteiger partial charge in [0, 0.05) is 25.2 Å². The van der Waals surface area contributed by atoms with E-state index < -0.39 is 28.7 Å². The first-order valence-electron chi connectivity index (χ1n) is 6.88. The van der Waals surface area contributed by atoms with Crippen LogP contribution in [-0.4, -0.2) is 36.5 Å². The van der Waals surface area contributed by atoms with Crippen LogP contribution < -0.4 is 11.1 Å². The van der Waals surface area contributed by atoms with E-state index in [2.05, 4.69) is 5.32 Å². The number of likely N-dealkylation sites (tertiary alicyclic amines) is 1. The van der Waals surface area contributed by atoms with Gasteiger partial charge in [-0.2, -0.15) is 13.2 Å². The van der Waals surface area contributed by atoms with E-state index in [4.69, 9.17) is 17.3 Å². The lowest BCUT2D eigenvalue weighted by molar-refractivity contribution is -0.137. The second-order valence-corrected chi connectivity index (χ2v) is 5.75. The highest BCUT2D eigenvalue weighted by atomic mass is 35.5. The number of amides is 3. The molecule has 0 saturated carbocycles. The number of urea groups is 1. The fourth-order valence-corrected chi connectivity index (χ4v) is 2.65. The molecule has 0 unspecified atom stereocenters. The van der Waals surface area contributed by atoms with E-state index in [0.717, 1.165) is 12.1 Å². The van der Waals surface area contributed by atoms with Crippen LogP contribution in [0.4, 0.5) is 18.0 Å². The summed E-state index contributed by atoms with van der Waals surface area (Å²) >= 11 is 5.51. The molecule has 0 aromatic heterocycles. The smallest absolute Gasteiger partial charge is 0.352 e. The average Bonchev–Trinajstić information content (AvgIpc) is 2.93. The van der Waals surface area contributed by atoms with Gasteiger partial charge in [-0.3, -0.25) is 4.79 Å². The Hall–Kier alpha value is -1.96. The number of carbonyl (C=O) groups is 2. The van der Waals surface area contributed by atoms with Crippen LogP contribution in [-0.2, 0) is 6.18 Å². The molecule has 0 radical (unpaired) electrons. The standard InChI is InChI=1S/C14H15ClF3N3O2/c15-11-2-1-9(5-10(11)14(16,17)18)12(22)20-6-8-3-4-21(7-8)13(19)23/h1-2,5,8H,3-4,6-7H2,(H2,19,23)(H,20,22)/t8-/m0/s1. The number of primary amides is 1. The van der Waals surface area contributed by atoms with Gasteiger partial charge in [0.25, 0.3) is 5.91 Å². The zero-order valence-electron chi connectivity index (χ0n) is 12.0. The molecule has 2 rings (SSSR count). The molecule has 1 aromatic rings.